The number of rotatable bonds is 16. The highest BCUT2D eigenvalue weighted by Crippen LogP contribution is 2.15. The fourth-order valence-electron chi connectivity index (χ4n) is 3.21. The van der Waals surface area contributed by atoms with Crippen LogP contribution in [-0.4, -0.2) is 55.2 Å². The number of carboxylic acid groups (broad SMARTS) is 1. The van der Waals surface area contributed by atoms with E-state index in [2.05, 4.69) is 19.2 Å². The molecule has 0 aromatic carbocycles. The van der Waals surface area contributed by atoms with E-state index in [1.165, 1.54) is 38.5 Å². The average molecular weight is 358 g/mol. The topological polar surface area (TPSA) is 66.4 Å². The molecule has 0 radical (unpaired) electrons. The molecule has 0 aliphatic rings. The van der Waals surface area contributed by atoms with E-state index in [0.29, 0.717) is 17.4 Å². The van der Waals surface area contributed by atoms with Crippen LogP contribution in [0.3, 0.4) is 0 Å². The molecule has 0 aromatic heterocycles. The molecule has 0 fully saturated rings. The summed E-state index contributed by atoms with van der Waals surface area (Å²) in [7, 11) is 3.80. The number of nitrogens with one attached hydrogen (secondary N) is 1. The van der Waals surface area contributed by atoms with Gasteiger partial charge in [0.15, 0.2) is 6.54 Å². The van der Waals surface area contributed by atoms with Crippen LogP contribution in [0, 0.1) is 5.92 Å². The molecule has 1 atom stereocenters. The number of hydrogen-bond acceptors (Lipinski definition) is 2. The third-order valence-corrected chi connectivity index (χ3v) is 4.71. The number of amides is 1. The standard InChI is InChI=1S/C20H40N2O3/c1-5-12-18(2)13-9-7-6-8-10-14-19(23)21-15-11-16-22(3,4)17-20(24)25/h18H,5-17H2,1-4H3,(H-,21,23,24,25)/p+1. The van der Waals surface area contributed by atoms with E-state index in [1.807, 2.05) is 14.1 Å². The van der Waals surface area contributed by atoms with Crippen molar-refractivity contribution in [2.45, 2.75) is 78.1 Å². The number of carbonyl (C=O) groups excluding carboxylic acids is 1. The van der Waals surface area contributed by atoms with Gasteiger partial charge in [-0.15, -0.1) is 0 Å². The van der Waals surface area contributed by atoms with Crippen LogP contribution < -0.4 is 5.32 Å². The molecule has 0 aromatic rings. The van der Waals surface area contributed by atoms with Gasteiger partial charge in [0.05, 0.1) is 20.6 Å². The highest BCUT2D eigenvalue weighted by Gasteiger charge is 2.18. The lowest BCUT2D eigenvalue weighted by atomic mass is 9.98. The molecule has 0 saturated heterocycles. The first-order valence-electron chi connectivity index (χ1n) is 10.1. The van der Waals surface area contributed by atoms with Gasteiger partial charge >= 0.3 is 5.97 Å². The van der Waals surface area contributed by atoms with Gasteiger partial charge < -0.3 is 14.9 Å². The molecular formula is C20H41N2O3+. The van der Waals surface area contributed by atoms with Gasteiger partial charge in [0.25, 0.3) is 0 Å². The van der Waals surface area contributed by atoms with E-state index in [1.54, 1.807) is 0 Å². The summed E-state index contributed by atoms with van der Waals surface area (Å²) in [5.74, 6) is 0.198. The van der Waals surface area contributed by atoms with Crippen molar-refractivity contribution in [3.63, 3.8) is 0 Å². The Morgan fingerprint density at radius 2 is 1.64 bits per heavy atom. The third kappa shape index (κ3) is 16.1. The van der Waals surface area contributed by atoms with Crippen LogP contribution in [0.25, 0.3) is 0 Å². The van der Waals surface area contributed by atoms with Gasteiger partial charge in [-0.2, -0.15) is 0 Å². The number of carboxylic acids is 1. The van der Waals surface area contributed by atoms with E-state index >= 15 is 0 Å². The van der Waals surface area contributed by atoms with Gasteiger partial charge in [0.1, 0.15) is 0 Å². The van der Waals surface area contributed by atoms with Crippen molar-refractivity contribution in [1.29, 1.82) is 0 Å². The Balaban J connectivity index is 3.49. The first-order chi connectivity index (χ1) is 11.8. The van der Waals surface area contributed by atoms with E-state index in [0.717, 1.165) is 31.7 Å². The maximum Gasteiger partial charge on any atom is 0.359 e. The van der Waals surface area contributed by atoms with Crippen LogP contribution in [0.2, 0.25) is 0 Å². The molecule has 5 nitrogen and oxygen atoms in total. The van der Waals surface area contributed by atoms with Crippen molar-refractivity contribution < 1.29 is 19.2 Å². The molecular weight excluding hydrogens is 316 g/mol. The Morgan fingerprint density at radius 1 is 1.00 bits per heavy atom. The highest BCUT2D eigenvalue weighted by molar-refractivity contribution is 5.75. The third-order valence-electron chi connectivity index (χ3n) is 4.71. The summed E-state index contributed by atoms with van der Waals surface area (Å²) in [6.45, 7) is 6.09. The zero-order valence-electron chi connectivity index (χ0n) is 17.0. The summed E-state index contributed by atoms with van der Waals surface area (Å²) in [4.78, 5) is 22.5. The number of quaternary nitrogens is 1. The molecule has 1 unspecified atom stereocenters. The minimum Gasteiger partial charge on any atom is -0.477 e. The van der Waals surface area contributed by atoms with E-state index in [-0.39, 0.29) is 12.5 Å². The summed E-state index contributed by atoms with van der Waals surface area (Å²) in [5, 5.41) is 11.8. The molecule has 0 aliphatic heterocycles. The molecule has 0 bridgehead atoms. The molecule has 1 amide bonds. The lowest BCUT2D eigenvalue weighted by molar-refractivity contribution is -0.883. The second-order valence-electron chi connectivity index (χ2n) is 8.11. The smallest absolute Gasteiger partial charge is 0.359 e. The molecule has 0 saturated carbocycles. The van der Waals surface area contributed by atoms with Crippen LogP contribution in [0.4, 0.5) is 0 Å². The summed E-state index contributed by atoms with van der Waals surface area (Å²) in [6.07, 6.45) is 11.3. The van der Waals surface area contributed by atoms with Gasteiger partial charge in [-0.25, -0.2) is 4.79 Å². The normalized spacial score (nSPS) is 12.8. The second-order valence-corrected chi connectivity index (χ2v) is 8.11. The van der Waals surface area contributed by atoms with E-state index in [9.17, 15) is 9.59 Å². The SMILES string of the molecule is CCCC(C)CCCCCCCC(=O)NCCC[N+](C)(C)CC(=O)O. The van der Waals surface area contributed by atoms with Crippen LogP contribution in [0.1, 0.15) is 78.1 Å². The van der Waals surface area contributed by atoms with E-state index in [4.69, 9.17) is 5.11 Å². The van der Waals surface area contributed by atoms with Crippen molar-refractivity contribution in [1.82, 2.24) is 5.32 Å². The average Bonchev–Trinajstić information content (AvgIpc) is 2.49. The van der Waals surface area contributed by atoms with Gasteiger partial charge in [0.2, 0.25) is 5.91 Å². The maximum absolute atomic E-state index is 11.8. The number of aliphatic carboxylic acids is 1. The molecule has 5 heteroatoms. The van der Waals surface area contributed by atoms with Gasteiger partial charge in [-0.1, -0.05) is 58.8 Å². The first kappa shape index (κ1) is 23.9. The highest BCUT2D eigenvalue weighted by atomic mass is 16.4. The van der Waals surface area contributed by atoms with Gasteiger partial charge in [0, 0.05) is 19.4 Å². The minimum absolute atomic E-state index is 0.116. The van der Waals surface area contributed by atoms with Crippen LogP contribution in [0.15, 0.2) is 0 Å². The Morgan fingerprint density at radius 3 is 2.28 bits per heavy atom. The fraction of sp³-hybridized carbons (Fsp3) is 0.900. The fourth-order valence-corrected chi connectivity index (χ4v) is 3.21. The van der Waals surface area contributed by atoms with Gasteiger partial charge in [-0.3, -0.25) is 4.79 Å². The van der Waals surface area contributed by atoms with Gasteiger partial charge in [-0.05, 0) is 12.3 Å². The Kier molecular flexibility index (Phi) is 13.5. The summed E-state index contributed by atoms with van der Waals surface area (Å²) >= 11 is 0. The molecule has 0 aliphatic carbocycles. The van der Waals surface area contributed by atoms with Crippen molar-refractivity contribution in [2.75, 3.05) is 33.7 Å². The molecule has 0 spiro atoms. The summed E-state index contributed by atoms with van der Waals surface area (Å²) in [6, 6.07) is 0. The number of carbonyl (C=O) groups is 2. The largest absolute Gasteiger partial charge is 0.477 e. The molecule has 2 N–H and O–H groups in total. The number of nitrogens with zero attached hydrogens (tertiary/aromatic N) is 1. The Hall–Kier alpha value is -1.10. The van der Waals surface area contributed by atoms with Crippen LogP contribution in [0.5, 0.6) is 0 Å². The van der Waals surface area contributed by atoms with Crippen LogP contribution in [-0.2, 0) is 9.59 Å². The van der Waals surface area contributed by atoms with E-state index < -0.39 is 5.97 Å². The lowest BCUT2D eigenvalue weighted by Gasteiger charge is -2.27. The maximum atomic E-state index is 11.8. The molecule has 0 rings (SSSR count). The first-order valence-corrected chi connectivity index (χ1v) is 10.1. The predicted molar refractivity (Wildman–Crippen MR) is 103 cm³/mol. The number of likely N-dealkylation sites (N-methyl/N-ethyl adjacent to an activating group) is 1. The lowest BCUT2D eigenvalue weighted by Crippen LogP contribution is -2.45. The second kappa shape index (κ2) is 14.1. The van der Waals surface area contributed by atoms with Crippen molar-refractivity contribution >= 4 is 11.9 Å². The molecule has 148 valence electrons. The Bertz CT molecular complexity index is 370. The molecule has 25 heavy (non-hydrogen) atoms. The number of hydrogen-bond donors (Lipinski definition) is 2. The minimum atomic E-state index is -0.783. The quantitative estimate of drug-likeness (QED) is 0.326. The Labute approximate surface area is 154 Å². The zero-order valence-corrected chi connectivity index (χ0v) is 17.0. The van der Waals surface area contributed by atoms with Crippen molar-refractivity contribution in [3.05, 3.63) is 0 Å². The number of unbranched alkanes of at least 4 members (excludes halogenated alkanes) is 4. The predicted octanol–water partition coefficient (Wildman–Crippen LogP) is 3.82. The van der Waals surface area contributed by atoms with Crippen molar-refractivity contribution in [2.24, 2.45) is 5.92 Å². The van der Waals surface area contributed by atoms with Crippen LogP contribution >= 0.6 is 0 Å². The monoisotopic (exact) mass is 357 g/mol. The zero-order chi connectivity index (χ0) is 19.1. The molecule has 0 heterocycles. The summed E-state index contributed by atoms with van der Waals surface area (Å²) in [5.41, 5.74) is 0. The van der Waals surface area contributed by atoms with Crippen molar-refractivity contribution in [3.8, 4) is 0 Å². The summed E-state index contributed by atoms with van der Waals surface area (Å²) < 4.78 is 0.447.